The fraction of sp³-hybridized carbons (Fsp3) is 0.308. The van der Waals surface area contributed by atoms with Gasteiger partial charge in [0.05, 0.1) is 19.4 Å². The molecule has 6 heteroatoms. The first-order valence-corrected chi connectivity index (χ1v) is 6.59. The normalized spacial score (nSPS) is 13.5. The predicted octanol–water partition coefficient (Wildman–Crippen LogP) is 1.77. The molecule has 1 aliphatic heterocycles. The Balaban J connectivity index is 2.09. The lowest BCUT2D eigenvalue weighted by Gasteiger charge is -2.16. The lowest BCUT2D eigenvalue weighted by atomic mass is 10.1. The Morgan fingerprint density at radius 1 is 1.32 bits per heavy atom. The molecule has 1 aromatic carbocycles. The van der Waals surface area contributed by atoms with Gasteiger partial charge in [0, 0.05) is 16.6 Å². The summed E-state index contributed by atoms with van der Waals surface area (Å²) >= 11 is 3.33. The van der Waals surface area contributed by atoms with Gasteiger partial charge in [-0.1, -0.05) is 22.0 Å². The van der Waals surface area contributed by atoms with Gasteiger partial charge in [0.1, 0.15) is 0 Å². The van der Waals surface area contributed by atoms with Crippen molar-refractivity contribution in [1.82, 2.24) is 0 Å². The van der Waals surface area contributed by atoms with Crippen LogP contribution < -0.4 is 4.90 Å². The number of amides is 1. The van der Waals surface area contributed by atoms with Crippen LogP contribution in [0.3, 0.4) is 0 Å². The van der Waals surface area contributed by atoms with E-state index in [0.29, 0.717) is 0 Å². The molecule has 0 aromatic heterocycles. The number of aliphatic carboxylic acids is 1. The molecule has 2 rings (SSSR count). The van der Waals surface area contributed by atoms with Crippen molar-refractivity contribution in [3.63, 3.8) is 0 Å². The second-order valence-corrected chi connectivity index (χ2v) is 5.28. The number of nitrogens with zero attached hydrogens (tertiary/aromatic N) is 1. The fourth-order valence-electron chi connectivity index (χ4n) is 2.01. The number of benzene rings is 1. The molecule has 19 heavy (non-hydrogen) atoms. The first-order chi connectivity index (χ1) is 8.97. The van der Waals surface area contributed by atoms with E-state index < -0.39 is 5.97 Å². The van der Waals surface area contributed by atoms with E-state index in [1.54, 1.807) is 6.07 Å². The fourth-order valence-corrected chi connectivity index (χ4v) is 2.35. The Hall–Kier alpha value is -1.69. The van der Waals surface area contributed by atoms with Crippen molar-refractivity contribution in [1.29, 1.82) is 0 Å². The minimum absolute atomic E-state index is 0.0531. The number of hydrogen-bond acceptors (Lipinski definition) is 3. The number of carboxylic acids is 1. The highest BCUT2D eigenvalue weighted by molar-refractivity contribution is 9.10. The lowest BCUT2D eigenvalue weighted by Crippen LogP contribution is -2.32. The number of hydrogen-bond donors (Lipinski definition) is 1. The number of ketones is 1. The SMILES string of the molecule is O=C(O)CCC(=O)CN1C(=O)Cc2ccc(Br)cc21. The van der Waals surface area contributed by atoms with E-state index >= 15 is 0 Å². The Morgan fingerprint density at radius 2 is 2.05 bits per heavy atom. The van der Waals surface area contributed by atoms with Crippen molar-refractivity contribution >= 4 is 39.3 Å². The topological polar surface area (TPSA) is 74.7 Å². The minimum atomic E-state index is -1.01. The number of carboxylic acid groups (broad SMARTS) is 1. The summed E-state index contributed by atoms with van der Waals surface area (Å²) in [4.78, 5) is 35.4. The van der Waals surface area contributed by atoms with Crippen molar-refractivity contribution < 1.29 is 19.5 Å². The molecule has 5 nitrogen and oxygen atoms in total. The molecule has 0 radical (unpaired) electrons. The molecular weight excluding hydrogens is 314 g/mol. The van der Waals surface area contributed by atoms with Gasteiger partial charge in [0.25, 0.3) is 0 Å². The molecule has 0 saturated heterocycles. The first-order valence-electron chi connectivity index (χ1n) is 5.79. The van der Waals surface area contributed by atoms with Crippen LogP contribution in [0.2, 0.25) is 0 Å². The van der Waals surface area contributed by atoms with Crippen LogP contribution in [0, 0.1) is 0 Å². The molecule has 1 aromatic rings. The molecule has 0 bridgehead atoms. The van der Waals surface area contributed by atoms with Crippen molar-refractivity contribution in [3.8, 4) is 0 Å². The number of rotatable bonds is 5. The zero-order valence-electron chi connectivity index (χ0n) is 10.1. The second kappa shape index (κ2) is 5.52. The summed E-state index contributed by atoms with van der Waals surface area (Å²) in [7, 11) is 0. The average Bonchev–Trinajstić information content (AvgIpc) is 2.63. The highest BCUT2D eigenvalue weighted by Crippen LogP contribution is 2.31. The molecule has 1 N–H and O–H groups in total. The zero-order valence-corrected chi connectivity index (χ0v) is 11.6. The Labute approximate surface area is 118 Å². The van der Waals surface area contributed by atoms with Gasteiger partial charge >= 0.3 is 5.97 Å². The van der Waals surface area contributed by atoms with Gasteiger partial charge in [-0.25, -0.2) is 0 Å². The molecule has 0 spiro atoms. The van der Waals surface area contributed by atoms with Gasteiger partial charge in [0.2, 0.25) is 5.91 Å². The van der Waals surface area contributed by atoms with Gasteiger partial charge in [-0.3, -0.25) is 14.4 Å². The molecule has 0 aliphatic carbocycles. The molecular formula is C13H12BrNO4. The van der Waals surface area contributed by atoms with E-state index in [9.17, 15) is 14.4 Å². The van der Waals surface area contributed by atoms with Crippen LogP contribution in [-0.4, -0.2) is 29.3 Å². The Morgan fingerprint density at radius 3 is 2.74 bits per heavy atom. The van der Waals surface area contributed by atoms with Gasteiger partial charge in [-0.15, -0.1) is 0 Å². The molecule has 0 atom stereocenters. The van der Waals surface area contributed by atoms with Crippen LogP contribution in [0.1, 0.15) is 18.4 Å². The molecule has 1 amide bonds. The summed E-state index contributed by atoms with van der Waals surface area (Å²) in [5.41, 5.74) is 1.61. The van der Waals surface area contributed by atoms with Crippen LogP contribution in [0.15, 0.2) is 22.7 Å². The maximum atomic E-state index is 11.9. The third-order valence-electron chi connectivity index (χ3n) is 2.93. The highest BCUT2D eigenvalue weighted by Gasteiger charge is 2.28. The molecule has 1 heterocycles. The highest BCUT2D eigenvalue weighted by atomic mass is 79.9. The second-order valence-electron chi connectivity index (χ2n) is 4.36. The Bertz CT molecular complexity index is 556. The molecule has 1 aliphatic rings. The van der Waals surface area contributed by atoms with E-state index in [-0.39, 0.29) is 37.5 Å². The van der Waals surface area contributed by atoms with Crippen LogP contribution in [0.4, 0.5) is 5.69 Å². The maximum absolute atomic E-state index is 11.9. The van der Waals surface area contributed by atoms with Crippen molar-refractivity contribution in [2.24, 2.45) is 0 Å². The summed E-state index contributed by atoms with van der Waals surface area (Å²) < 4.78 is 0.837. The first kappa shape index (κ1) is 13.7. The molecule has 0 fully saturated rings. The van der Waals surface area contributed by atoms with Crippen LogP contribution in [0.5, 0.6) is 0 Å². The molecule has 100 valence electrons. The lowest BCUT2D eigenvalue weighted by molar-refractivity contribution is -0.138. The van der Waals surface area contributed by atoms with E-state index in [1.807, 2.05) is 12.1 Å². The summed E-state index contributed by atoms with van der Waals surface area (Å²) in [5.74, 6) is -1.38. The monoisotopic (exact) mass is 325 g/mol. The van der Waals surface area contributed by atoms with Crippen LogP contribution in [0.25, 0.3) is 0 Å². The molecule has 0 unspecified atom stereocenters. The van der Waals surface area contributed by atoms with Crippen molar-refractivity contribution in [2.45, 2.75) is 19.3 Å². The number of halogens is 1. The standard InChI is InChI=1S/C13H12BrNO4/c14-9-2-1-8-5-12(17)15(11(8)6-9)7-10(16)3-4-13(18)19/h1-2,6H,3-5,7H2,(H,18,19). The summed E-state index contributed by atoms with van der Waals surface area (Å²) in [5, 5.41) is 8.53. The van der Waals surface area contributed by atoms with Crippen LogP contribution in [-0.2, 0) is 20.8 Å². The summed E-state index contributed by atoms with van der Waals surface area (Å²) in [6, 6.07) is 5.49. The number of carbonyl (C=O) groups is 3. The average molecular weight is 326 g/mol. The van der Waals surface area contributed by atoms with E-state index in [1.165, 1.54) is 4.90 Å². The number of anilines is 1. The van der Waals surface area contributed by atoms with E-state index in [0.717, 1.165) is 15.7 Å². The largest absolute Gasteiger partial charge is 0.481 e. The third kappa shape index (κ3) is 3.20. The van der Waals surface area contributed by atoms with E-state index in [2.05, 4.69) is 15.9 Å². The van der Waals surface area contributed by atoms with Gasteiger partial charge < -0.3 is 10.0 Å². The number of carbonyl (C=O) groups excluding carboxylic acids is 2. The van der Waals surface area contributed by atoms with Crippen molar-refractivity contribution in [3.05, 3.63) is 28.2 Å². The summed E-state index contributed by atoms with van der Waals surface area (Å²) in [6.07, 6.45) is 0.0312. The zero-order chi connectivity index (χ0) is 14.0. The summed E-state index contributed by atoms with van der Waals surface area (Å²) in [6.45, 7) is -0.0600. The van der Waals surface area contributed by atoms with Crippen LogP contribution >= 0.6 is 15.9 Å². The van der Waals surface area contributed by atoms with Crippen molar-refractivity contribution in [2.75, 3.05) is 11.4 Å². The maximum Gasteiger partial charge on any atom is 0.303 e. The van der Waals surface area contributed by atoms with Gasteiger partial charge in [-0.05, 0) is 17.7 Å². The number of Topliss-reactive ketones (excluding diaryl/α,β-unsaturated/α-hetero) is 1. The Kier molecular flexibility index (Phi) is 3.99. The van der Waals surface area contributed by atoms with Gasteiger partial charge in [-0.2, -0.15) is 0 Å². The predicted molar refractivity (Wildman–Crippen MR) is 72.1 cm³/mol. The number of fused-ring (bicyclic) bond motifs is 1. The van der Waals surface area contributed by atoms with Gasteiger partial charge in [0.15, 0.2) is 5.78 Å². The van der Waals surface area contributed by atoms with E-state index in [4.69, 9.17) is 5.11 Å². The quantitative estimate of drug-likeness (QED) is 0.895. The smallest absolute Gasteiger partial charge is 0.303 e. The minimum Gasteiger partial charge on any atom is -0.481 e. The third-order valence-corrected chi connectivity index (χ3v) is 3.43. The molecule has 0 saturated carbocycles.